The zero-order valence-corrected chi connectivity index (χ0v) is 15.8. The first-order valence-corrected chi connectivity index (χ1v) is 9.14. The molecule has 1 amide bonds. The molecule has 2 atom stereocenters. The molecule has 2 N–H and O–H groups in total. The second kappa shape index (κ2) is 8.36. The maximum Gasteiger partial charge on any atom is 0.410 e. The summed E-state index contributed by atoms with van der Waals surface area (Å²) in [6, 6.07) is -0.0978. The lowest BCUT2D eigenvalue weighted by Crippen LogP contribution is -2.43. The van der Waals surface area contributed by atoms with Gasteiger partial charge in [-0.25, -0.2) is 4.79 Å². The number of hydrogen-bond acceptors (Lipinski definition) is 6. The minimum Gasteiger partial charge on any atom is -0.469 e. The molecule has 0 aromatic heterocycles. The molecular formula is C18H32N2O5. The Kier molecular flexibility index (Phi) is 6.68. The minimum absolute atomic E-state index is 0.0111. The van der Waals surface area contributed by atoms with Crippen molar-refractivity contribution in [2.75, 3.05) is 20.3 Å². The maximum atomic E-state index is 12.4. The number of rotatable bonds is 4. The summed E-state index contributed by atoms with van der Waals surface area (Å²) >= 11 is 0. The van der Waals surface area contributed by atoms with Crippen LogP contribution in [0.1, 0.15) is 52.9 Å². The second-order valence-electron chi connectivity index (χ2n) is 8.11. The van der Waals surface area contributed by atoms with Crippen LogP contribution in [0.2, 0.25) is 0 Å². The molecule has 144 valence electrons. The summed E-state index contributed by atoms with van der Waals surface area (Å²) in [6.45, 7) is 6.52. The molecule has 0 spiro atoms. The molecule has 0 aromatic rings. The van der Waals surface area contributed by atoms with Gasteiger partial charge in [0.15, 0.2) is 0 Å². The largest absolute Gasteiger partial charge is 0.469 e. The molecule has 0 radical (unpaired) electrons. The number of carbonyl (C=O) groups is 2. The number of nitrogens with two attached hydrogens (primary N) is 1. The van der Waals surface area contributed by atoms with E-state index in [1.165, 1.54) is 7.11 Å². The Morgan fingerprint density at radius 1 is 1.16 bits per heavy atom. The molecule has 1 heterocycles. The molecule has 7 heteroatoms. The van der Waals surface area contributed by atoms with Gasteiger partial charge >= 0.3 is 12.1 Å². The van der Waals surface area contributed by atoms with Gasteiger partial charge in [0.25, 0.3) is 0 Å². The van der Waals surface area contributed by atoms with Crippen LogP contribution in [0.15, 0.2) is 0 Å². The molecule has 2 aliphatic rings. The van der Waals surface area contributed by atoms with Gasteiger partial charge in [-0.15, -0.1) is 0 Å². The topological polar surface area (TPSA) is 91.1 Å². The molecule has 1 aliphatic carbocycles. The third kappa shape index (κ3) is 5.85. The van der Waals surface area contributed by atoms with E-state index in [4.69, 9.17) is 19.9 Å². The van der Waals surface area contributed by atoms with Crippen molar-refractivity contribution in [1.29, 1.82) is 0 Å². The summed E-state index contributed by atoms with van der Waals surface area (Å²) in [7, 11) is 1.43. The van der Waals surface area contributed by atoms with Gasteiger partial charge in [0.05, 0.1) is 31.8 Å². The molecule has 1 saturated heterocycles. The van der Waals surface area contributed by atoms with Crippen molar-refractivity contribution in [3.63, 3.8) is 0 Å². The molecule has 25 heavy (non-hydrogen) atoms. The number of methoxy groups -OCH3 is 1. The van der Waals surface area contributed by atoms with Crippen molar-refractivity contribution in [2.45, 2.75) is 76.7 Å². The van der Waals surface area contributed by atoms with Crippen molar-refractivity contribution in [3.8, 4) is 0 Å². The number of hydrogen-bond donors (Lipinski definition) is 1. The Labute approximate surface area is 150 Å². The highest BCUT2D eigenvalue weighted by Crippen LogP contribution is 2.28. The van der Waals surface area contributed by atoms with Crippen LogP contribution in [-0.4, -0.2) is 61.0 Å². The van der Waals surface area contributed by atoms with Crippen LogP contribution in [0.4, 0.5) is 4.79 Å². The lowest BCUT2D eigenvalue weighted by atomic mass is 9.87. The predicted molar refractivity (Wildman–Crippen MR) is 93.0 cm³/mol. The number of nitrogens with zero attached hydrogens (tertiary/aromatic N) is 1. The van der Waals surface area contributed by atoms with E-state index in [0.717, 1.165) is 32.1 Å². The molecule has 2 fully saturated rings. The van der Waals surface area contributed by atoms with E-state index >= 15 is 0 Å². The smallest absolute Gasteiger partial charge is 0.410 e. The number of carbonyl (C=O) groups excluding carboxylic acids is 2. The fourth-order valence-corrected chi connectivity index (χ4v) is 3.53. The Balaban J connectivity index is 1.81. The molecule has 0 aromatic carbocycles. The molecule has 0 bridgehead atoms. The van der Waals surface area contributed by atoms with Gasteiger partial charge in [-0.1, -0.05) is 0 Å². The van der Waals surface area contributed by atoms with Crippen LogP contribution < -0.4 is 5.73 Å². The summed E-state index contributed by atoms with van der Waals surface area (Å²) in [5, 5.41) is 0. The number of ether oxygens (including phenoxy) is 3. The first-order valence-electron chi connectivity index (χ1n) is 9.14. The van der Waals surface area contributed by atoms with Crippen molar-refractivity contribution in [3.05, 3.63) is 0 Å². The average molecular weight is 356 g/mol. The van der Waals surface area contributed by atoms with Crippen LogP contribution in [0.3, 0.4) is 0 Å². The highest BCUT2D eigenvalue weighted by atomic mass is 16.6. The van der Waals surface area contributed by atoms with E-state index in [1.54, 1.807) is 4.90 Å². The van der Waals surface area contributed by atoms with E-state index in [-0.39, 0.29) is 36.2 Å². The summed E-state index contributed by atoms with van der Waals surface area (Å²) in [6.07, 6.45) is 3.77. The van der Waals surface area contributed by atoms with Crippen molar-refractivity contribution in [1.82, 2.24) is 4.90 Å². The van der Waals surface area contributed by atoms with Crippen LogP contribution >= 0.6 is 0 Å². The molecular weight excluding hydrogens is 324 g/mol. The normalized spacial score (nSPS) is 30.2. The number of likely N-dealkylation sites (tertiary alicyclic amines) is 1. The first-order chi connectivity index (χ1) is 11.7. The lowest BCUT2D eigenvalue weighted by molar-refractivity contribution is -0.147. The number of amides is 1. The fraction of sp³-hybridized carbons (Fsp3) is 0.889. The first kappa shape index (κ1) is 20.0. The van der Waals surface area contributed by atoms with Gasteiger partial charge in [-0.3, -0.25) is 4.79 Å². The molecule has 0 unspecified atom stereocenters. The van der Waals surface area contributed by atoms with E-state index < -0.39 is 5.60 Å². The Morgan fingerprint density at radius 2 is 1.80 bits per heavy atom. The van der Waals surface area contributed by atoms with Gasteiger partial charge in [0.1, 0.15) is 5.60 Å². The van der Waals surface area contributed by atoms with Crippen LogP contribution in [-0.2, 0) is 19.0 Å². The van der Waals surface area contributed by atoms with E-state index in [0.29, 0.717) is 13.2 Å². The molecule has 1 saturated carbocycles. The lowest BCUT2D eigenvalue weighted by Gasteiger charge is -2.31. The third-order valence-electron chi connectivity index (χ3n) is 4.81. The van der Waals surface area contributed by atoms with Gasteiger partial charge in [-0.2, -0.15) is 0 Å². The fourth-order valence-electron chi connectivity index (χ4n) is 3.53. The number of esters is 1. The monoisotopic (exact) mass is 356 g/mol. The van der Waals surface area contributed by atoms with Crippen molar-refractivity contribution >= 4 is 12.1 Å². The van der Waals surface area contributed by atoms with Crippen LogP contribution in [0.25, 0.3) is 0 Å². The Hall–Kier alpha value is -1.34. The highest BCUT2D eigenvalue weighted by Gasteiger charge is 2.37. The summed E-state index contributed by atoms with van der Waals surface area (Å²) in [4.78, 5) is 25.6. The summed E-state index contributed by atoms with van der Waals surface area (Å²) in [5.41, 5.74) is 5.51. The van der Waals surface area contributed by atoms with Crippen molar-refractivity contribution < 1.29 is 23.8 Å². The Bertz CT molecular complexity index is 469. The SMILES string of the molecule is COC(=O)C1CCC(OC[C@@H]2C[C@H](N)CN2C(=O)OC(C)(C)C)CC1. The van der Waals surface area contributed by atoms with E-state index in [9.17, 15) is 9.59 Å². The zero-order valence-electron chi connectivity index (χ0n) is 15.8. The summed E-state index contributed by atoms with van der Waals surface area (Å²) < 4.78 is 16.3. The second-order valence-corrected chi connectivity index (χ2v) is 8.11. The quantitative estimate of drug-likeness (QED) is 0.776. The zero-order chi connectivity index (χ0) is 18.6. The third-order valence-corrected chi connectivity index (χ3v) is 4.81. The minimum atomic E-state index is -0.526. The molecule has 2 rings (SSSR count). The van der Waals surface area contributed by atoms with Gasteiger partial charge in [-0.05, 0) is 52.9 Å². The summed E-state index contributed by atoms with van der Waals surface area (Å²) in [5.74, 6) is -0.140. The van der Waals surface area contributed by atoms with E-state index in [2.05, 4.69) is 0 Å². The van der Waals surface area contributed by atoms with Gasteiger partial charge < -0.3 is 24.8 Å². The van der Waals surface area contributed by atoms with Gasteiger partial charge in [0.2, 0.25) is 0 Å². The van der Waals surface area contributed by atoms with Gasteiger partial charge in [0, 0.05) is 12.6 Å². The Morgan fingerprint density at radius 3 is 2.36 bits per heavy atom. The predicted octanol–water partition coefficient (Wildman–Crippen LogP) is 2.07. The van der Waals surface area contributed by atoms with Crippen LogP contribution in [0.5, 0.6) is 0 Å². The highest BCUT2D eigenvalue weighted by molar-refractivity contribution is 5.72. The van der Waals surface area contributed by atoms with Crippen LogP contribution in [0, 0.1) is 5.92 Å². The average Bonchev–Trinajstić information content (AvgIpc) is 2.92. The molecule has 1 aliphatic heterocycles. The maximum absolute atomic E-state index is 12.4. The van der Waals surface area contributed by atoms with E-state index in [1.807, 2.05) is 20.8 Å². The van der Waals surface area contributed by atoms with Crippen molar-refractivity contribution in [2.24, 2.45) is 11.7 Å². The molecule has 7 nitrogen and oxygen atoms in total. The standard InChI is InChI=1S/C18H32N2O5/c1-18(2,3)25-17(22)20-10-13(19)9-14(20)11-24-15-7-5-12(6-8-15)16(21)23-4/h12-15H,5-11,19H2,1-4H3/t12?,13-,14-,15?/m0/s1.